The van der Waals surface area contributed by atoms with Crippen molar-refractivity contribution in [2.45, 2.75) is 6.92 Å². The van der Waals surface area contributed by atoms with Gasteiger partial charge in [-0.15, -0.1) is 0 Å². The minimum Gasteiger partial charge on any atom is -0.493 e. The fraction of sp³-hybridized carbons (Fsp3) is 0.150. The Hall–Kier alpha value is -3.81. The zero-order valence-electron chi connectivity index (χ0n) is 15.1. The lowest BCUT2D eigenvalue weighted by atomic mass is 10.1. The quantitative estimate of drug-likeness (QED) is 0.457. The number of rotatable bonds is 4. The number of methoxy groups -OCH3 is 1. The average Bonchev–Trinajstić information content (AvgIpc) is 3.27. The summed E-state index contributed by atoms with van der Waals surface area (Å²) in [5.41, 5.74) is 1.31. The molecule has 8 heteroatoms. The molecular weight excluding hydrogens is 366 g/mol. The molecular formula is C20H15NO7. The molecule has 0 bridgehead atoms. The van der Waals surface area contributed by atoms with Gasteiger partial charge in [0.1, 0.15) is 0 Å². The van der Waals surface area contributed by atoms with Crippen molar-refractivity contribution in [1.82, 2.24) is 0 Å². The van der Waals surface area contributed by atoms with Crippen LogP contribution in [0.15, 0.2) is 47.1 Å². The van der Waals surface area contributed by atoms with E-state index in [4.69, 9.17) is 23.7 Å². The van der Waals surface area contributed by atoms with Crippen LogP contribution in [0.25, 0.3) is 6.08 Å². The van der Waals surface area contributed by atoms with Gasteiger partial charge in [-0.1, -0.05) is 6.07 Å². The van der Waals surface area contributed by atoms with E-state index >= 15 is 0 Å². The van der Waals surface area contributed by atoms with Crippen LogP contribution in [-0.2, 0) is 14.3 Å². The van der Waals surface area contributed by atoms with Crippen LogP contribution in [-0.4, -0.2) is 31.7 Å². The van der Waals surface area contributed by atoms with Gasteiger partial charge in [-0.05, 0) is 42.0 Å². The van der Waals surface area contributed by atoms with E-state index in [0.29, 0.717) is 28.4 Å². The van der Waals surface area contributed by atoms with Crippen molar-refractivity contribution >= 4 is 23.9 Å². The summed E-state index contributed by atoms with van der Waals surface area (Å²) >= 11 is 0. The van der Waals surface area contributed by atoms with Crippen molar-refractivity contribution < 1.29 is 33.3 Å². The van der Waals surface area contributed by atoms with Crippen LogP contribution in [0, 0.1) is 0 Å². The molecule has 0 spiro atoms. The molecule has 0 radical (unpaired) electrons. The number of aliphatic imine (C=N–C) groups is 1. The maximum absolute atomic E-state index is 12.2. The van der Waals surface area contributed by atoms with E-state index in [1.54, 1.807) is 36.4 Å². The first kappa shape index (κ1) is 17.6. The van der Waals surface area contributed by atoms with Gasteiger partial charge < -0.3 is 23.7 Å². The van der Waals surface area contributed by atoms with E-state index in [0.717, 1.165) is 0 Å². The number of cyclic esters (lactones) is 1. The lowest BCUT2D eigenvalue weighted by Gasteiger charge is -2.08. The van der Waals surface area contributed by atoms with Crippen molar-refractivity contribution in [2.75, 3.05) is 13.9 Å². The molecule has 0 aliphatic carbocycles. The first-order chi connectivity index (χ1) is 13.5. The van der Waals surface area contributed by atoms with Crippen molar-refractivity contribution in [1.29, 1.82) is 0 Å². The molecule has 0 atom stereocenters. The zero-order valence-corrected chi connectivity index (χ0v) is 15.1. The second-order valence-corrected chi connectivity index (χ2v) is 5.91. The zero-order chi connectivity index (χ0) is 19.7. The van der Waals surface area contributed by atoms with Crippen molar-refractivity contribution in [3.63, 3.8) is 0 Å². The molecule has 2 aromatic rings. The predicted octanol–water partition coefficient (Wildman–Crippen LogP) is 2.69. The van der Waals surface area contributed by atoms with Gasteiger partial charge in [0, 0.05) is 12.5 Å². The van der Waals surface area contributed by atoms with Crippen LogP contribution in [0.5, 0.6) is 23.0 Å². The number of ether oxygens (including phenoxy) is 5. The highest BCUT2D eigenvalue weighted by molar-refractivity contribution is 6.13. The first-order valence-electron chi connectivity index (χ1n) is 8.32. The van der Waals surface area contributed by atoms with Crippen LogP contribution in [0.4, 0.5) is 0 Å². The van der Waals surface area contributed by atoms with Crippen LogP contribution >= 0.6 is 0 Å². The normalized spacial score (nSPS) is 16.0. The van der Waals surface area contributed by atoms with Crippen LogP contribution in [0.3, 0.4) is 0 Å². The molecule has 2 aliphatic heterocycles. The summed E-state index contributed by atoms with van der Waals surface area (Å²) in [4.78, 5) is 27.7. The molecule has 8 nitrogen and oxygen atoms in total. The topological polar surface area (TPSA) is 92.7 Å². The molecule has 0 N–H and O–H groups in total. The smallest absolute Gasteiger partial charge is 0.363 e. The van der Waals surface area contributed by atoms with E-state index in [-0.39, 0.29) is 24.1 Å². The summed E-state index contributed by atoms with van der Waals surface area (Å²) in [7, 11) is 1.47. The fourth-order valence-electron chi connectivity index (χ4n) is 2.74. The van der Waals surface area contributed by atoms with E-state index in [2.05, 4.69) is 4.99 Å². The van der Waals surface area contributed by atoms with E-state index in [9.17, 15) is 9.59 Å². The number of fused-ring (bicyclic) bond motifs is 1. The first-order valence-corrected chi connectivity index (χ1v) is 8.32. The Morgan fingerprint density at radius 3 is 2.71 bits per heavy atom. The lowest BCUT2D eigenvalue weighted by molar-refractivity contribution is -0.132. The van der Waals surface area contributed by atoms with Gasteiger partial charge in [0.25, 0.3) is 0 Å². The molecule has 2 aromatic carbocycles. The summed E-state index contributed by atoms with van der Waals surface area (Å²) in [6.45, 7) is 1.44. The van der Waals surface area contributed by atoms with Gasteiger partial charge in [-0.25, -0.2) is 9.79 Å². The Morgan fingerprint density at radius 2 is 1.93 bits per heavy atom. The van der Waals surface area contributed by atoms with Gasteiger partial charge in [0.15, 0.2) is 28.7 Å². The molecule has 0 unspecified atom stereocenters. The Labute approximate surface area is 159 Å². The molecule has 0 saturated heterocycles. The fourth-order valence-corrected chi connectivity index (χ4v) is 2.74. The number of nitrogens with zero attached hydrogens (tertiary/aromatic N) is 1. The van der Waals surface area contributed by atoms with E-state index < -0.39 is 11.9 Å². The second kappa shape index (κ2) is 7.07. The summed E-state index contributed by atoms with van der Waals surface area (Å²) < 4.78 is 26.2. The minimum absolute atomic E-state index is 0.117. The van der Waals surface area contributed by atoms with Gasteiger partial charge in [0.2, 0.25) is 12.7 Å². The lowest BCUT2D eigenvalue weighted by Crippen LogP contribution is -2.05. The number of hydrogen-bond donors (Lipinski definition) is 0. The monoisotopic (exact) mass is 381 g/mol. The number of carbonyl (C=O) groups excluding carboxylic acids is 2. The minimum atomic E-state index is -0.586. The standard InChI is InChI=1S/C20H15NO7/c1-11(22)27-18-8-12(3-5-15(18)24-2)7-14-20(23)28-19(21-14)13-4-6-16-17(9-13)26-10-25-16/h3-9H,10H2,1-2H3/b14-7+. The third kappa shape index (κ3) is 3.39. The summed E-state index contributed by atoms with van der Waals surface area (Å²) in [6.07, 6.45) is 1.54. The third-order valence-electron chi connectivity index (χ3n) is 3.98. The van der Waals surface area contributed by atoms with Gasteiger partial charge in [0.05, 0.1) is 7.11 Å². The molecule has 142 valence electrons. The average molecular weight is 381 g/mol. The van der Waals surface area contributed by atoms with Crippen molar-refractivity contribution in [3.05, 3.63) is 53.2 Å². The van der Waals surface area contributed by atoms with Crippen LogP contribution < -0.4 is 18.9 Å². The highest BCUT2D eigenvalue weighted by Crippen LogP contribution is 2.34. The molecule has 28 heavy (non-hydrogen) atoms. The Bertz CT molecular complexity index is 1040. The van der Waals surface area contributed by atoms with Gasteiger partial charge in [-0.2, -0.15) is 0 Å². The summed E-state index contributed by atoms with van der Waals surface area (Å²) in [6, 6.07) is 10.1. The Balaban J connectivity index is 1.64. The molecule has 2 aliphatic rings. The molecule has 0 aromatic heterocycles. The highest BCUT2D eigenvalue weighted by atomic mass is 16.7. The summed E-state index contributed by atoms with van der Waals surface area (Å²) in [5, 5.41) is 0. The Morgan fingerprint density at radius 1 is 1.11 bits per heavy atom. The number of esters is 2. The van der Waals surface area contributed by atoms with Crippen molar-refractivity contribution in [2.24, 2.45) is 4.99 Å². The molecule has 2 heterocycles. The number of carbonyl (C=O) groups is 2. The van der Waals surface area contributed by atoms with Crippen molar-refractivity contribution in [3.8, 4) is 23.0 Å². The molecule has 4 rings (SSSR count). The number of hydrogen-bond acceptors (Lipinski definition) is 8. The van der Waals surface area contributed by atoms with Gasteiger partial charge in [-0.3, -0.25) is 4.79 Å². The highest BCUT2D eigenvalue weighted by Gasteiger charge is 2.26. The SMILES string of the molecule is COc1ccc(/C=C2/N=C(c3ccc4c(c3)OCO4)OC2=O)cc1OC(C)=O. The summed E-state index contributed by atoms with van der Waals surface area (Å²) in [5.74, 6) is 0.939. The predicted molar refractivity (Wildman–Crippen MR) is 97.5 cm³/mol. The Kier molecular flexibility index (Phi) is 4.44. The maximum Gasteiger partial charge on any atom is 0.363 e. The molecule has 0 fully saturated rings. The van der Waals surface area contributed by atoms with Crippen LogP contribution in [0.1, 0.15) is 18.1 Å². The van der Waals surface area contributed by atoms with E-state index in [1.165, 1.54) is 20.1 Å². The van der Waals surface area contributed by atoms with Gasteiger partial charge >= 0.3 is 11.9 Å². The molecule has 0 amide bonds. The largest absolute Gasteiger partial charge is 0.493 e. The van der Waals surface area contributed by atoms with E-state index in [1.807, 2.05) is 0 Å². The van der Waals surface area contributed by atoms with Crippen LogP contribution in [0.2, 0.25) is 0 Å². The maximum atomic E-state index is 12.2. The third-order valence-corrected chi connectivity index (χ3v) is 3.98. The number of benzene rings is 2. The second-order valence-electron chi connectivity index (χ2n) is 5.91. The molecule has 0 saturated carbocycles.